The van der Waals surface area contributed by atoms with Crippen molar-refractivity contribution in [1.29, 1.82) is 0 Å². The van der Waals surface area contributed by atoms with Crippen LogP contribution in [-0.4, -0.2) is 26.2 Å². The van der Waals surface area contributed by atoms with Crippen LogP contribution in [0.1, 0.15) is 267 Å². The molecule has 4 N–H and O–H groups in total. The van der Waals surface area contributed by atoms with E-state index in [1.165, 1.54) is 66.8 Å². The van der Waals surface area contributed by atoms with Crippen LogP contribution in [0.5, 0.6) is 0 Å². The van der Waals surface area contributed by atoms with Gasteiger partial charge >= 0.3 is 17.2 Å². The van der Waals surface area contributed by atoms with Crippen molar-refractivity contribution < 1.29 is 28.6 Å². The van der Waals surface area contributed by atoms with Crippen molar-refractivity contribution in [3.05, 3.63) is 138 Å². The summed E-state index contributed by atoms with van der Waals surface area (Å²) < 4.78 is 11.7. The van der Waals surface area contributed by atoms with E-state index in [4.69, 9.17) is 9.05 Å². The van der Waals surface area contributed by atoms with Crippen LogP contribution >= 0.6 is 17.2 Å². The van der Waals surface area contributed by atoms with Gasteiger partial charge in [-0.15, -0.1) is 0 Å². The summed E-state index contributed by atoms with van der Waals surface area (Å²) in [5.41, 5.74) is 18.9. The van der Waals surface area contributed by atoms with Gasteiger partial charge in [0.1, 0.15) is 6.10 Å². The molecule has 0 radical (unpaired) electrons. The van der Waals surface area contributed by atoms with Crippen molar-refractivity contribution in [2.75, 3.05) is 6.61 Å². The lowest BCUT2D eigenvalue weighted by Gasteiger charge is -2.36. The third-order valence-corrected chi connectivity index (χ3v) is 14.8. The Bertz CT molecular complexity index is 2310. The fourth-order valence-electron chi connectivity index (χ4n) is 9.82. The quantitative estimate of drug-likeness (QED) is 0.125. The molecule has 0 saturated carbocycles. The van der Waals surface area contributed by atoms with Gasteiger partial charge in [-0.05, 0) is 160 Å². The molecular weight excluding hydrogens is 915 g/mol. The van der Waals surface area contributed by atoms with Gasteiger partial charge < -0.3 is 24.1 Å². The molecule has 0 aliphatic heterocycles. The molecule has 398 valence electrons. The van der Waals surface area contributed by atoms with Gasteiger partial charge in [0.05, 0.1) is 6.61 Å². The van der Waals surface area contributed by atoms with E-state index >= 15 is 0 Å². The Hall–Kier alpha value is -2.50. The first-order chi connectivity index (χ1) is 31.6. The summed E-state index contributed by atoms with van der Waals surface area (Å²) in [5.74, 6) is -0.124. The van der Waals surface area contributed by atoms with Gasteiger partial charge in [-0.1, -0.05) is 215 Å². The van der Waals surface area contributed by atoms with E-state index in [1.54, 1.807) is 0 Å². The Morgan fingerprint density at radius 2 is 0.563 bits per heavy atom. The number of aryl methyl sites for hydroxylation is 4. The minimum atomic E-state index is -2.57. The average molecular weight is 1020 g/mol. The number of hydrogen-bond acceptors (Lipinski definition) is 6. The van der Waals surface area contributed by atoms with E-state index in [9.17, 15) is 19.6 Å². The molecule has 4 rings (SSSR count). The molecule has 0 spiro atoms. The van der Waals surface area contributed by atoms with Crippen molar-refractivity contribution in [3.63, 3.8) is 0 Å². The zero-order valence-electron chi connectivity index (χ0n) is 50.0. The van der Waals surface area contributed by atoms with Crippen molar-refractivity contribution in [2.45, 2.75) is 249 Å². The maximum atomic E-state index is 10.2. The molecule has 8 heteroatoms. The standard InChI is InChI=1S/C32H51O3P.C31H49O3P/c1-20-15-22(29(3,4)5)17-25(31(9,10)11)27(20)24(19-35-36(33)34)28-21(2)16-23(30(6,7)8)18-26(28)32(12,13)14;1-19-15-21(28(3,4)5)17-23(30(9,10)11)25(19)27(34-35(32)33)26-20(2)16-22(29(6,7)8)18-24(26)31(12,13)14/h15-18,24,33-34H,19H2,1-14H3;15-18,27,32-33H,1-14H3. The van der Waals surface area contributed by atoms with Gasteiger partial charge in [0.15, 0.2) is 0 Å². The van der Waals surface area contributed by atoms with Gasteiger partial charge in [-0.3, -0.25) is 4.52 Å². The minimum absolute atomic E-state index is 0.00105. The van der Waals surface area contributed by atoms with Gasteiger partial charge in [0, 0.05) is 5.92 Å². The third kappa shape index (κ3) is 16.0. The largest absolute Gasteiger partial charge is 0.328 e. The number of hydrogen-bond donors (Lipinski definition) is 4. The summed E-state index contributed by atoms with van der Waals surface area (Å²) in [4.78, 5) is 39.9. The lowest BCUT2D eigenvalue weighted by molar-refractivity contribution is 0.199. The van der Waals surface area contributed by atoms with Crippen LogP contribution in [0.4, 0.5) is 0 Å². The van der Waals surface area contributed by atoms with Gasteiger partial charge in [0.25, 0.3) is 0 Å². The van der Waals surface area contributed by atoms with Crippen LogP contribution in [0.3, 0.4) is 0 Å². The van der Waals surface area contributed by atoms with Crippen molar-refractivity contribution in [2.24, 2.45) is 0 Å². The molecular formula is C63H100O6P2. The first kappa shape index (κ1) is 62.8. The topological polar surface area (TPSA) is 99.4 Å². The predicted molar refractivity (Wildman–Crippen MR) is 308 cm³/mol. The highest BCUT2D eigenvalue weighted by Crippen LogP contribution is 2.50. The van der Waals surface area contributed by atoms with Crippen molar-refractivity contribution in [3.8, 4) is 0 Å². The van der Waals surface area contributed by atoms with E-state index < -0.39 is 23.3 Å². The van der Waals surface area contributed by atoms with E-state index in [1.807, 2.05) is 0 Å². The highest BCUT2D eigenvalue weighted by molar-refractivity contribution is 7.39. The van der Waals surface area contributed by atoms with Crippen molar-refractivity contribution >= 4 is 17.2 Å². The maximum absolute atomic E-state index is 10.2. The Morgan fingerprint density at radius 3 is 0.761 bits per heavy atom. The summed E-state index contributed by atoms with van der Waals surface area (Å²) >= 11 is 0. The second-order valence-electron chi connectivity index (χ2n) is 28.9. The molecule has 0 fully saturated rings. The third-order valence-electron chi connectivity index (χ3n) is 14.0. The summed E-state index contributed by atoms with van der Waals surface area (Å²) in [6.07, 6.45) is -0.581. The molecule has 0 bridgehead atoms. The average Bonchev–Trinajstić information content (AvgIpc) is 3.14. The maximum Gasteiger partial charge on any atom is 0.327 e. The number of rotatable bonds is 9. The first-order valence-corrected chi connectivity index (χ1v) is 28.2. The summed E-state index contributed by atoms with van der Waals surface area (Å²) in [7, 11) is -5.03. The molecule has 0 amide bonds. The molecule has 0 aliphatic rings. The Morgan fingerprint density at radius 1 is 0.338 bits per heavy atom. The minimum Gasteiger partial charge on any atom is -0.328 e. The monoisotopic (exact) mass is 1010 g/mol. The molecule has 4 aromatic carbocycles. The Kier molecular flexibility index (Phi) is 19.5. The predicted octanol–water partition coefficient (Wildman–Crippen LogP) is 17.7. The lowest BCUT2D eigenvalue weighted by atomic mass is 9.69. The molecule has 0 aromatic heterocycles. The van der Waals surface area contributed by atoms with Gasteiger partial charge in [-0.2, -0.15) is 0 Å². The molecule has 71 heavy (non-hydrogen) atoms. The molecule has 0 aliphatic carbocycles. The van der Waals surface area contributed by atoms with Gasteiger partial charge in [0.2, 0.25) is 0 Å². The van der Waals surface area contributed by atoms with Crippen LogP contribution < -0.4 is 0 Å². The van der Waals surface area contributed by atoms with E-state index in [0.717, 1.165) is 22.3 Å². The van der Waals surface area contributed by atoms with Crippen molar-refractivity contribution in [1.82, 2.24) is 0 Å². The second-order valence-corrected chi connectivity index (χ2v) is 30.3. The smallest absolute Gasteiger partial charge is 0.327 e. The summed E-state index contributed by atoms with van der Waals surface area (Å²) in [5, 5.41) is 0. The molecule has 0 heterocycles. The molecule has 4 aromatic rings. The Balaban J connectivity index is 0.000000375. The Labute approximate surface area is 437 Å². The highest BCUT2D eigenvalue weighted by atomic mass is 31.2. The molecule has 0 atom stereocenters. The number of benzene rings is 4. The fourth-order valence-corrected chi connectivity index (χ4v) is 10.5. The lowest BCUT2D eigenvalue weighted by Crippen LogP contribution is -2.26. The van der Waals surface area contributed by atoms with Crippen LogP contribution in [0.2, 0.25) is 0 Å². The first-order valence-electron chi connectivity index (χ1n) is 25.9. The molecule has 6 nitrogen and oxygen atoms in total. The van der Waals surface area contributed by atoms with Crippen LogP contribution in [0, 0.1) is 27.7 Å². The van der Waals surface area contributed by atoms with Crippen LogP contribution in [0.15, 0.2) is 48.5 Å². The molecule has 0 saturated heterocycles. The second kappa shape index (κ2) is 22.0. The van der Waals surface area contributed by atoms with Crippen LogP contribution in [0.25, 0.3) is 0 Å². The zero-order chi connectivity index (χ0) is 55.3. The van der Waals surface area contributed by atoms with E-state index in [2.05, 4.69) is 242 Å². The van der Waals surface area contributed by atoms with E-state index in [0.29, 0.717) is 0 Å². The summed E-state index contributed by atoms with van der Waals surface area (Å²) in [6.45, 7) is 62.7. The zero-order valence-corrected chi connectivity index (χ0v) is 51.8. The SMILES string of the molecule is Cc1cc(C(C)(C)C)cc(C(C)(C)C)c1C(COP(O)O)c1c(C)cc(C(C)(C)C)cc1C(C)(C)C.Cc1cc(C(C)(C)C)cc(C(C)(C)C)c1C(OP(O)O)c1c(C)cc(C(C)(C)C)cc1C(C)(C)C. The normalized spacial score (nSPS) is 13.7. The van der Waals surface area contributed by atoms with Crippen LogP contribution in [-0.2, 0) is 52.4 Å². The van der Waals surface area contributed by atoms with E-state index in [-0.39, 0.29) is 55.8 Å². The highest BCUT2D eigenvalue weighted by Gasteiger charge is 2.37. The fraction of sp³-hybridized carbons (Fsp3) is 0.619. The van der Waals surface area contributed by atoms with Gasteiger partial charge in [-0.25, -0.2) is 0 Å². The summed E-state index contributed by atoms with van der Waals surface area (Å²) in [6, 6.07) is 18.4. The molecule has 0 unspecified atom stereocenters.